The van der Waals surface area contributed by atoms with Gasteiger partial charge in [-0.25, -0.2) is 4.79 Å². The van der Waals surface area contributed by atoms with Crippen LogP contribution in [-0.4, -0.2) is 5.97 Å². The van der Waals surface area contributed by atoms with E-state index in [1.807, 2.05) is 0 Å². The number of carbonyl (C=O) groups excluding carboxylic acids is 1. The smallest absolute Gasteiger partial charge is 0.382 e. The Labute approximate surface area is 80.4 Å². The van der Waals surface area contributed by atoms with Crippen LogP contribution in [0.15, 0.2) is 24.3 Å². The van der Waals surface area contributed by atoms with Crippen molar-refractivity contribution in [2.75, 3.05) is 5.73 Å². The van der Waals surface area contributed by atoms with E-state index in [0.29, 0.717) is 5.69 Å². The summed E-state index contributed by atoms with van der Waals surface area (Å²) >= 11 is 4.88. The second-order valence-electron chi connectivity index (χ2n) is 2.20. The second-order valence-corrected chi connectivity index (χ2v) is 3.59. The zero-order valence-electron chi connectivity index (χ0n) is 6.41. The minimum atomic E-state index is -2.68. The highest BCUT2D eigenvalue weighted by Crippen LogP contribution is 2.44. The molecule has 0 aromatic heterocycles. The fourth-order valence-corrected chi connectivity index (χ4v) is 1.15. The monoisotopic (exact) mass is 221 g/mol. The van der Waals surface area contributed by atoms with Gasteiger partial charge in [-0.3, -0.25) is 0 Å². The zero-order chi connectivity index (χ0) is 9.84. The van der Waals surface area contributed by atoms with E-state index in [9.17, 15) is 8.99 Å². The molecule has 2 N–H and O–H groups in total. The lowest BCUT2D eigenvalue weighted by atomic mass is 10.2. The van der Waals surface area contributed by atoms with Gasteiger partial charge in [0.2, 0.25) is 0 Å². The minimum Gasteiger partial charge on any atom is -0.399 e. The molecular formula is C7H6ClFNO2P. The molecule has 0 aliphatic heterocycles. The van der Waals surface area contributed by atoms with Gasteiger partial charge in [0.05, 0.1) is 5.56 Å². The van der Waals surface area contributed by atoms with Gasteiger partial charge in [-0.15, -0.1) is 0 Å². The van der Waals surface area contributed by atoms with Crippen molar-refractivity contribution in [2.24, 2.45) is 0 Å². The molecule has 0 bridgehead atoms. The van der Waals surface area contributed by atoms with E-state index < -0.39 is 13.8 Å². The molecule has 0 saturated heterocycles. The molecule has 0 amide bonds. The third kappa shape index (κ3) is 3.17. The maximum absolute atomic E-state index is 12.1. The number of rotatable bonds is 2. The number of nitrogen functional groups attached to an aromatic ring is 1. The van der Waals surface area contributed by atoms with E-state index in [1.54, 1.807) is 0 Å². The van der Waals surface area contributed by atoms with Gasteiger partial charge in [-0.05, 0) is 35.5 Å². The van der Waals surface area contributed by atoms with Gasteiger partial charge < -0.3 is 10.3 Å². The summed E-state index contributed by atoms with van der Waals surface area (Å²) in [5.74, 6) is -0.788. The van der Waals surface area contributed by atoms with Crippen LogP contribution in [0.4, 0.5) is 9.88 Å². The molecule has 0 radical (unpaired) electrons. The summed E-state index contributed by atoms with van der Waals surface area (Å²) in [6, 6.07) is 5.91. The molecule has 1 aromatic carbocycles. The molecule has 3 nitrogen and oxygen atoms in total. The van der Waals surface area contributed by atoms with E-state index >= 15 is 0 Å². The standard InChI is InChI=1S/C7H6ClFNO2P/c8-13(9)12-7(11)5-1-3-6(10)4-2-5/h1-4H,10H2. The van der Waals surface area contributed by atoms with Crippen molar-refractivity contribution in [2.45, 2.75) is 0 Å². The first-order chi connectivity index (χ1) is 6.09. The maximum Gasteiger partial charge on any atom is 0.382 e. The van der Waals surface area contributed by atoms with Crippen molar-refractivity contribution in [3.63, 3.8) is 0 Å². The van der Waals surface area contributed by atoms with Crippen molar-refractivity contribution >= 4 is 30.7 Å². The third-order valence-corrected chi connectivity index (χ3v) is 1.81. The summed E-state index contributed by atoms with van der Waals surface area (Å²) in [5, 5.41) is 0. The molecule has 1 unspecified atom stereocenters. The first kappa shape index (κ1) is 10.2. The molecule has 1 aromatic rings. The molecule has 6 heteroatoms. The van der Waals surface area contributed by atoms with Gasteiger partial charge in [0.1, 0.15) is 0 Å². The minimum absolute atomic E-state index is 0.222. The van der Waals surface area contributed by atoms with Gasteiger partial charge in [-0.2, -0.15) is 4.20 Å². The van der Waals surface area contributed by atoms with Crippen molar-refractivity contribution in [1.29, 1.82) is 0 Å². The topological polar surface area (TPSA) is 52.3 Å². The summed E-state index contributed by atoms with van der Waals surface area (Å²) in [5.41, 5.74) is 6.12. The summed E-state index contributed by atoms with van der Waals surface area (Å²) in [7, 11) is -2.68. The van der Waals surface area contributed by atoms with Crippen LogP contribution in [0.2, 0.25) is 0 Å². The van der Waals surface area contributed by atoms with Crippen molar-refractivity contribution in [3.05, 3.63) is 29.8 Å². The van der Waals surface area contributed by atoms with Crippen LogP contribution in [0.1, 0.15) is 10.4 Å². The number of nitrogens with two attached hydrogens (primary N) is 1. The van der Waals surface area contributed by atoms with Crippen LogP contribution in [-0.2, 0) is 4.52 Å². The first-order valence-corrected chi connectivity index (χ1v) is 5.34. The van der Waals surface area contributed by atoms with Crippen LogP contribution >= 0.6 is 19.1 Å². The van der Waals surface area contributed by atoms with Gasteiger partial charge in [0.15, 0.2) is 0 Å². The van der Waals surface area contributed by atoms with Crippen LogP contribution < -0.4 is 5.73 Å². The van der Waals surface area contributed by atoms with Gasteiger partial charge in [0.25, 0.3) is 0 Å². The molecule has 0 saturated carbocycles. The van der Waals surface area contributed by atoms with E-state index in [4.69, 9.17) is 17.0 Å². The van der Waals surface area contributed by atoms with Crippen molar-refractivity contribution in [1.82, 2.24) is 0 Å². The average Bonchev–Trinajstić information content (AvgIpc) is 2.04. The summed E-state index contributed by atoms with van der Waals surface area (Å²) < 4.78 is 16.2. The Balaban J connectivity index is 2.72. The molecular weight excluding hydrogens is 216 g/mol. The summed E-state index contributed by atoms with van der Waals surface area (Å²) in [6.07, 6.45) is 0. The maximum atomic E-state index is 12.1. The lowest BCUT2D eigenvalue weighted by Crippen LogP contribution is -1.99. The average molecular weight is 222 g/mol. The molecule has 13 heavy (non-hydrogen) atoms. The highest BCUT2D eigenvalue weighted by atomic mass is 35.7. The zero-order valence-corrected chi connectivity index (χ0v) is 8.06. The second kappa shape index (κ2) is 4.40. The normalized spacial score (nSPS) is 12.2. The third-order valence-electron chi connectivity index (χ3n) is 1.30. The number of carbonyl (C=O) groups is 1. The largest absolute Gasteiger partial charge is 0.399 e. The quantitative estimate of drug-likeness (QED) is 0.617. The molecule has 0 heterocycles. The van der Waals surface area contributed by atoms with E-state index in [-0.39, 0.29) is 5.56 Å². The Kier molecular flexibility index (Phi) is 3.46. The number of hydrogen-bond acceptors (Lipinski definition) is 3. The van der Waals surface area contributed by atoms with E-state index in [2.05, 4.69) is 4.52 Å². The number of halogens is 2. The molecule has 0 aliphatic rings. The van der Waals surface area contributed by atoms with Crippen LogP contribution in [0.3, 0.4) is 0 Å². The fraction of sp³-hybridized carbons (Fsp3) is 0. The lowest BCUT2D eigenvalue weighted by Gasteiger charge is -2.01. The van der Waals surface area contributed by atoms with Crippen LogP contribution in [0, 0.1) is 0 Å². The van der Waals surface area contributed by atoms with Gasteiger partial charge in [0, 0.05) is 5.69 Å². The molecule has 1 atom stereocenters. The molecule has 0 aliphatic carbocycles. The predicted octanol–water partition coefficient (Wildman–Crippen LogP) is 2.86. The Morgan fingerprint density at radius 2 is 2.00 bits per heavy atom. The van der Waals surface area contributed by atoms with Crippen molar-refractivity contribution < 1.29 is 13.5 Å². The molecule has 0 fully saturated rings. The highest BCUT2D eigenvalue weighted by molar-refractivity contribution is 7.76. The summed E-state index contributed by atoms with van der Waals surface area (Å²) in [4.78, 5) is 11.0. The van der Waals surface area contributed by atoms with Gasteiger partial charge >= 0.3 is 13.8 Å². The number of benzene rings is 1. The Morgan fingerprint density at radius 1 is 1.46 bits per heavy atom. The molecule has 0 spiro atoms. The fourth-order valence-electron chi connectivity index (χ4n) is 0.735. The summed E-state index contributed by atoms with van der Waals surface area (Å²) in [6.45, 7) is 0. The van der Waals surface area contributed by atoms with E-state index in [0.717, 1.165) is 0 Å². The Hall–Kier alpha value is -0.860. The lowest BCUT2D eigenvalue weighted by molar-refractivity contribution is 0.0751. The van der Waals surface area contributed by atoms with Crippen molar-refractivity contribution in [3.8, 4) is 0 Å². The van der Waals surface area contributed by atoms with E-state index in [1.165, 1.54) is 24.3 Å². The first-order valence-electron chi connectivity index (χ1n) is 3.29. The SMILES string of the molecule is Nc1ccc(C(=O)OP(F)Cl)cc1. The number of hydrogen-bond donors (Lipinski definition) is 1. The predicted molar refractivity (Wildman–Crippen MR) is 50.2 cm³/mol. The highest BCUT2D eigenvalue weighted by Gasteiger charge is 2.12. The Morgan fingerprint density at radius 3 is 2.46 bits per heavy atom. The number of anilines is 1. The molecule has 1 rings (SSSR count). The van der Waals surface area contributed by atoms with Gasteiger partial charge in [-0.1, -0.05) is 0 Å². The van der Waals surface area contributed by atoms with Crippen LogP contribution in [0.25, 0.3) is 0 Å². The van der Waals surface area contributed by atoms with Crippen LogP contribution in [0.5, 0.6) is 0 Å². The Bertz CT molecular complexity index is 304. The molecule has 70 valence electrons.